The summed E-state index contributed by atoms with van der Waals surface area (Å²) in [6.45, 7) is 1.12. The van der Waals surface area contributed by atoms with E-state index in [1.165, 1.54) is 24.9 Å². The minimum atomic E-state index is 1.12. The average Bonchev–Trinajstić information content (AvgIpc) is 2.25. The second-order valence-electron chi connectivity index (χ2n) is 3.38. The first kappa shape index (κ1) is 11.5. The van der Waals surface area contributed by atoms with Gasteiger partial charge in [-0.05, 0) is 25.0 Å². The molecular weight excluding hydrogens is 240 g/mol. The Morgan fingerprint density at radius 1 is 1.21 bits per heavy atom. The second-order valence-corrected chi connectivity index (χ2v) is 4.17. The van der Waals surface area contributed by atoms with Crippen molar-refractivity contribution in [1.29, 1.82) is 0 Å². The Balaban J connectivity index is 2.25. The quantitative estimate of drug-likeness (QED) is 0.575. The highest BCUT2D eigenvalue weighted by Crippen LogP contribution is 2.10. The molecule has 0 N–H and O–H groups in total. The second kappa shape index (κ2) is 6.82. The first-order valence-electron chi connectivity index (χ1n) is 5.01. The number of rotatable bonds is 6. The topological polar surface area (TPSA) is 16.1 Å². The van der Waals surface area contributed by atoms with Crippen molar-refractivity contribution in [2.75, 3.05) is 23.8 Å². The normalized spacial score (nSPS) is 10.1. The number of halogens is 1. The van der Waals surface area contributed by atoms with Gasteiger partial charge in [-0.15, -0.1) is 0 Å². The average molecular weight is 257 g/mol. The van der Waals surface area contributed by atoms with E-state index in [4.69, 9.17) is 0 Å². The van der Waals surface area contributed by atoms with Gasteiger partial charge < -0.3 is 4.90 Å². The molecule has 0 aliphatic rings. The predicted molar refractivity (Wildman–Crippen MR) is 65.2 cm³/mol. The van der Waals surface area contributed by atoms with E-state index in [-0.39, 0.29) is 0 Å². The molecule has 0 radical (unpaired) electrons. The molecular formula is C11H17BrN2. The number of nitrogens with zero attached hydrogens (tertiary/aromatic N) is 2. The fraction of sp³-hybridized carbons (Fsp3) is 0.545. The molecule has 0 atom stereocenters. The molecule has 0 aliphatic heterocycles. The minimum absolute atomic E-state index is 1.12. The third kappa shape index (κ3) is 4.09. The van der Waals surface area contributed by atoms with E-state index in [0.29, 0.717) is 0 Å². The summed E-state index contributed by atoms with van der Waals surface area (Å²) in [5.41, 5.74) is 1.25. The van der Waals surface area contributed by atoms with Gasteiger partial charge in [0.2, 0.25) is 0 Å². The van der Waals surface area contributed by atoms with Gasteiger partial charge in [-0.25, -0.2) is 0 Å². The molecule has 0 aromatic carbocycles. The maximum Gasteiger partial charge on any atom is 0.0394 e. The van der Waals surface area contributed by atoms with E-state index < -0.39 is 0 Å². The Kier molecular flexibility index (Phi) is 5.60. The number of hydrogen-bond donors (Lipinski definition) is 0. The molecule has 0 saturated carbocycles. The van der Waals surface area contributed by atoms with Crippen LogP contribution in [0.4, 0.5) is 5.69 Å². The number of anilines is 1. The summed E-state index contributed by atoms with van der Waals surface area (Å²) in [6.07, 6.45) is 7.49. The lowest BCUT2D eigenvalue weighted by molar-refractivity contribution is 0.711. The van der Waals surface area contributed by atoms with E-state index >= 15 is 0 Å². The summed E-state index contributed by atoms with van der Waals surface area (Å²) >= 11 is 3.44. The summed E-state index contributed by atoms with van der Waals surface area (Å²) in [4.78, 5) is 6.28. The lowest BCUT2D eigenvalue weighted by Gasteiger charge is -2.18. The molecule has 14 heavy (non-hydrogen) atoms. The summed E-state index contributed by atoms with van der Waals surface area (Å²) in [5.74, 6) is 0. The van der Waals surface area contributed by atoms with E-state index in [0.717, 1.165) is 11.9 Å². The van der Waals surface area contributed by atoms with Crippen LogP contribution in [0.1, 0.15) is 19.3 Å². The zero-order valence-corrected chi connectivity index (χ0v) is 10.2. The number of pyridine rings is 1. The molecule has 0 fully saturated rings. The third-order valence-electron chi connectivity index (χ3n) is 2.23. The molecule has 0 amide bonds. The third-order valence-corrected chi connectivity index (χ3v) is 2.79. The van der Waals surface area contributed by atoms with Crippen LogP contribution in [-0.2, 0) is 0 Å². The van der Waals surface area contributed by atoms with Crippen molar-refractivity contribution in [3.8, 4) is 0 Å². The SMILES string of the molecule is CN(CCCCCBr)c1ccncc1. The van der Waals surface area contributed by atoms with Crippen LogP contribution >= 0.6 is 15.9 Å². The molecule has 0 aliphatic carbocycles. The highest BCUT2D eigenvalue weighted by molar-refractivity contribution is 9.09. The largest absolute Gasteiger partial charge is 0.375 e. The first-order chi connectivity index (χ1) is 6.84. The van der Waals surface area contributed by atoms with Gasteiger partial charge >= 0.3 is 0 Å². The van der Waals surface area contributed by atoms with Crippen molar-refractivity contribution < 1.29 is 0 Å². The van der Waals surface area contributed by atoms with E-state index in [1.54, 1.807) is 0 Å². The number of unbranched alkanes of at least 4 members (excludes halogenated alkanes) is 2. The maximum absolute atomic E-state index is 4.00. The fourth-order valence-electron chi connectivity index (χ4n) is 1.35. The van der Waals surface area contributed by atoms with Gasteiger partial charge in [0.15, 0.2) is 0 Å². The van der Waals surface area contributed by atoms with Gasteiger partial charge in [-0.2, -0.15) is 0 Å². The molecule has 1 rings (SSSR count). The zero-order valence-electron chi connectivity index (χ0n) is 8.62. The predicted octanol–water partition coefficient (Wildman–Crippen LogP) is 3.08. The number of hydrogen-bond acceptors (Lipinski definition) is 2. The van der Waals surface area contributed by atoms with Crippen LogP contribution in [0.25, 0.3) is 0 Å². The summed E-state index contributed by atoms with van der Waals surface area (Å²) in [6, 6.07) is 4.09. The summed E-state index contributed by atoms with van der Waals surface area (Å²) in [7, 11) is 2.13. The minimum Gasteiger partial charge on any atom is -0.375 e. The molecule has 2 nitrogen and oxygen atoms in total. The van der Waals surface area contributed by atoms with Gasteiger partial charge in [0.05, 0.1) is 0 Å². The fourth-order valence-corrected chi connectivity index (χ4v) is 1.74. The van der Waals surface area contributed by atoms with Gasteiger partial charge in [0.25, 0.3) is 0 Å². The molecule has 0 saturated heterocycles. The van der Waals surface area contributed by atoms with Crippen molar-refractivity contribution in [1.82, 2.24) is 4.98 Å². The van der Waals surface area contributed by atoms with Gasteiger partial charge in [-0.3, -0.25) is 4.98 Å². The van der Waals surface area contributed by atoms with Crippen molar-refractivity contribution >= 4 is 21.6 Å². The first-order valence-corrected chi connectivity index (χ1v) is 6.14. The summed E-state index contributed by atoms with van der Waals surface area (Å²) in [5, 5.41) is 1.12. The highest BCUT2D eigenvalue weighted by Gasteiger charge is 1.98. The monoisotopic (exact) mass is 256 g/mol. The maximum atomic E-state index is 4.00. The van der Waals surface area contributed by atoms with Crippen LogP contribution in [0.15, 0.2) is 24.5 Å². The molecule has 78 valence electrons. The van der Waals surface area contributed by atoms with Gasteiger partial charge in [0.1, 0.15) is 0 Å². The Labute approximate surface area is 94.5 Å². The van der Waals surface area contributed by atoms with Crippen LogP contribution < -0.4 is 4.90 Å². The van der Waals surface area contributed by atoms with E-state index in [1.807, 2.05) is 24.5 Å². The molecule has 1 aromatic heterocycles. The van der Waals surface area contributed by atoms with Crippen LogP contribution in [0.5, 0.6) is 0 Å². The van der Waals surface area contributed by atoms with Crippen LogP contribution in [-0.4, -0.2) is 23.9 Å². The Hall–Kier alpha value is -0.570. The molecule has 0 unspecified atom stereocenters. The van der Waals surface area contributed by atoms with Crippen LogP contribution in [0.3, 0.4) is 0 Å². The molecule has 3 heteroatoms. The molecule has 0 bridgehead atoms. The summed E-state index contributed by atoms with van der Waals surface area (Å²) < 4.78 is 0. The van der Waals surface area contributed by atoms with E-state index in [9.17, 15) is 0 Å². The number of alkyl halides is 1. The van der Waals surface area contributed by atoms with E-state index in [2.05, 4.69) is 32.9 Å². The molecule has 0 spiro atoms. The van der Waals surface area contributed by atoms with Crippen molar-refractivity contribution in [3.05, 3.63) is 24.5 Å². The number of aromatic nitrogens is 1. The van der Waals surface area contributed by atoms with Crippen molar-refractivity contribution in [2.45, 2.75) is 19.3 Å². The van der Waals surface area contributed by atoms with Gasteiger partial charge in [0, 0.05) is 37.0 Å². The molecule has 1 heterocycles. The van der Waals surface area contributed by atoms with Crippen molar-refractivity contribution in [3.63, 3.8) is 0 Å². The van der Waals surface area contributed by atoms with Crippen LogP contribution in [0, 0.1) is 0 Å². The standard InChI is InChI=1S/C11H17BrN2/c1-14(10-4-2-3-7-12)11-5-8-13-9-6-11/h5-6,8-9H,2-4,7,10H2,1H3. The zero-order chi connectivity index (χ0) is 10.2. The molecule has 1 aromatic rings. The smallest absolute Gasteiger partial charge is 0.0394 e. The van der Waals surface area contributed by atoms with Crippen molar-refractivity contribution in [2.24, 2.45) is 0 Å². The lowest BCUT2D eigenvalue weighted by atomic mass is 10.2. The van der Waals surface area contributed by atoms with Crippen LogP contribution in [0.2, 0.25) is 0 Å². The Bertz CT molecular complexity index is 238. The Morgan fingerprint density at radius 3 is 2.57 bits per heavy atom. The lowest BCUT2D eigenvalue weighted by Crippen LogP contribution is -2.18. The van der Waals surface area contributed by atoms with Gasteiger partial charge in [-0.1, -0.05) is 22.4 Å². The Morgan fingerprint density at radius 2 is 1.93 bits per heavy atom. The highest BCUT2D eigenvalue weighted by atomic mass is 79.9.